The first-order valence-corrected chi connectivity index (χ1v) is 3.95. The molecule has 0 saturated heterocycles. The molecule has 70 valence electrons. The predicted octanol–water partition coefficient (Wildman–Crippen LogP) is 1.05. The summed E-state index contributed by atoms with van der Waals surface area (Å²) in [5.74, 6) is 0.140. The van der Waals surface area contributed by atoms with Crippen molar-refractivity contribution in [2.24, 2.45) is 5.73 Å². The predicted molar refractivity (Wildman–Crippen MR) is 48.4 cm³/mol. The van der Waals surface area contributed by atoms with E-state index in [1.807, 2.05) is 6.92 Å². The van der Waals surface area contributed by atoms with E-state index >= 15 is 0 Å². The molecule has 0 radical (unpaired) electrons. The van der Waals surface area contributed by atoms with Crippen LogP contribution in [0.4, 0.5) is 5.69 Å². The number of pyridine rings is 1. The number of nitro groups is 1. The van der Waals surface area contributed by atoms with Gasteiger partial charge in [-0.1, -0.05) is 6.92 Å². The van der Waals surface area contributed by atoms with Crippen LogP contribution in [-0.2, 0) is 0 Å². The lowest BCUT2D eigenvalue weighted by molar-refractivity contribution is -0.385. The van der Waals surface area contributed by atoms with Gasteiger partial charge in [0.1, 0.15) is 6.20 Å². The topological polar surface area (TPSA) is 82.0 Å². The van der Waals surface area contributed by atoms with Crippen LogP contribution in [0.2, 0.25) is 0 Å². The Labute approximate surface area is 75.7 Å². The largest absolute Gasteiger partial charge is 0.330 e. The third kappa shape index (κ3) is 2.22. The fourth-order valence-corrected chi connectivity index (χ4v) is 0.918. The van der Waals surface area contributed by atoms with Gasteiger partial charge in [0.25, 0.3) is 5.69 Å². The van der Waals surface area contributed by atoms with Crippen LogP contribution < -0.4 is 5.73 Å². The van der Waals surface area contributed by atoms with Crippen molar-refractivity contribution in [3.63, 3.8) is 0 Å². The summed E-state index contributed by atoms with van der Waals surface area (Å²) in [5.41, 5.74) is 6.22. The highest BCUT2D eigenvalue weighted by molar-refractivity contribution is 5.27. The van der Waals surface area contributed by atoms with E-state index in [0.717, 1.165) is 5.69 Å². The molecule has 0 aliphatic carbocycles. The van der Waals surface area contributed by atoms with Crippen molar-refractivity contribution in [2.45, 2.75) is 12.8 Å². The molecule has 1 rings (SSSR count). The van der Waals surface area contributed by atoms with Crippen LogP contribution in [0.15, 0.2) is 18.3 Å². The summed E-state index contributed by atoms with van der Waals surface area (Å²) < 4.78 is 0. The molecule has 1 atom stereocenters. The molecule has 1 aromatic heterocycles. The number of rotatable bonds is 3. The lowest BCUT2D eigenvalue weighted by Crippen LogP contribution is -2.10. The molecule has 1 unspecified atom stereocenters. The molecule has 0 amide bonds. The van der Waals surface area contributed by atoms with E-state index in [0.29, 0.717) is 6.54 Å². The Morgan fingerprint density at radius 2 is 2.38 bits per heavy atom. The summed E-state index contributed by atoms with van der Waals surface area (Å²) in [4.78, 5) is 13.8. The summed E-state index contributed by atoms with van der Waals surface area (Å²) in [6.07, 6.45) is 1.25. The van der Waals surface area contributed by atoms with Gasteiger partial charge in [-0.2, -0.15) is 0 Å². The first-order valence-electron chi connectivity index (χ1n) is 3.95. The van der Waals surface area contributed by atoms with E-state index in [-0.39, 0.29) is 11.6 Å². The van der Waals surface area contributed by atoms with E-state index in [9.17, 15) is 10.1 Å². The van der Waals surface area contributed by atoms with Gasteiger partial charge in [-0.25, -0.2) is 0 Å². The first kappa shape index (κ1) is 9.60. The molecular formula is C8H11N3O2. The summed E-state index contributed by atoms with van der Waals surface area (Å²) in [6, 6.07) is 3.07. The maximum Gasteiger partial charge on any atom is 0.287 e. The van der Waals surface area contributed by atoms with Crippen molar-refractivity contribution in [3.8, 4) is 0 Å². The van der Waals surface area contributed by atoms with Crippen LogP contribution in [-0.4, -0.2) is 16.5 Å². The molecule has 1 aromatic rings. The van der Waals surface area contributed by atoms with Crippen molar-refractivity contribution in [2.75, 3.05) is 6.54 Å². The minimum absolute atomic E-state index is 0.00738. The highest BCUT2D eigenvalue weighted by Crippen LogP contribution is 2.14. The van der Waals surface area contributed by atoms with E-state index in [1.54, 1.807) is 6.07 Å². The Bertz CT molecular complexity index is 297. The Kier molecular flexibility index (Phi) is 2.92. The van der Waals surface area contributed by atoms with Gasteiger partial charge in [0, 0.05) is 24.2 Å². The monoisotopic (exact) mass is 181 g/mol. The van der Waals surface area contributed by atoms with Crippen molar-refractivity contribution in [1.29, 1.82) is 0 Å². The van der Waals surface area contributed by atoms with Gasteiger partial charge >= 0.3 is 0 Å². The number of hydrogen-bond acceptors (Lipinski definition) is 4. The second-order valence-corrected chi connectivity index (χ2v) is 2.84. The van der Waals surface area contributed by atoms with Crippen molar-refractivity contribution in [3.05, 3.63) is 34.1 Å². The third-order valence-electron chi connectivity index (χ3n) is 1.84. The maximum atomic E-state index is 10.3. The first-order chi connectivity index (χ1) is 6.15. The molecule has 5 nitrogen and oxygen atoms in total. The molecule has 0 aliphatic heterocycles. The third-order valence-corrected chi connectivity index (χ3v) is 1.84. The average Bonchev–Trinajstić information content (AvgIpc) is 2.17. The van der Waals surface area contributed by atoms with Gasteiger partial charge in [0.15, 0.2) is 0 Å². The van der Waals surface area contributed by atoms with Gasteiger partial charge in [-0.15, -0.1) is 0 Å². The van der Waals surface area contributed by atoms with E-state index < -0.39 is 4.92 Å². The number of nitrogens with zero attached hydrogens (tertiary/aromatic N) is 2. The van der Waals surface area contributed by atoms with E-state index in [4.69, 9.17) is 5.73 Å². The fraction of sp³-hybridized carbons (Fsp3) is 0.375. The standard InChI is InChI=1S/C8H11N3O2/c1-6(4-9)8-3-2-7(5-10-8)11(12)13/h2-3,5-6H,4,9H2,1H3. The highest BCUT2D eigenvalue weighted by atomic mass is 16.6. The van der Waals surface area contributed by atoms with Crippen LogP contribution in [0, 0.1) is 10.1 Å². The lowest BCUT2D eigenvalue weighted by Gasteiger charge is -2.05. The molecule has 0 spiro atoms. The molecular weight excluding hydrogens is 170 g/mol. The average molecular weight is 181 g/mol. The number of nitrogens with two attached hydrogens (primary N) is 1. The summed E-state index contributed by atoms with van der Waals surface area (Å²) in [7, 11) is 0. The molecule has 5 heteroatoms. The zero-order chi connectivity index (χ0) is 9.84. The molecule has 0 aliphatic rings. The number of hydrogen-bond donors (Lipinski definition) is 1. The fourth-order valence-electron chi connectivity index (χ4n) is 0.918. The molecule has 0 fully saturated rings. The van der Waals surface area contributed by atoms with Crippen LogP contribution in [0.5, 0.6) is 0 Å². The minimum atomic E-state index is -0.468. The summed E-state index contributed by atoms with van der Waals surface area (Å²) in [6.45, 7) is 2.42. The highest BCUT2D eigenvalue weighted by Gasteiger charge is 2.08. The Hall–Kier alpha value is -1.49. The normalized spacial score (nSPS) is 12.5. The molecule has 13 heavy (non-hydrogen) atoms. The quantitative estimate of drug-likeness (QED) is 0.558. The van der Waals surface area contributed by atoms with Crippen molar-refractivity contribution in [1.82, 2.24) is 4.98 Å². The summed E-state index contributed by atoms with van der Waals surface area (Å²) in [5, 5.41) is 10.3. The van der Waals surface area contributed by atoms with Gasteiger partial charge in [-0.05, 0) is 6.07 Å². The van der Waals surface area contributed by atoms with Gasteiger partial charge in [0.2, 0.25) is 0 Å². The summed E-state index contributed by atoms with van der Waals surface area (Å²) >= 11 is 0. The zero-order valence-corrected chi connectivity index (χ0v) is 7.30. The lowest BCUT2D eigenvalue weighted by atomic mass is 10.1. The van der Waals surface area contributed by atoms with Crippen LogP contribution >= 0.6 is 0 Å². The van der Waals surface area contributed by atoms with Crippen molar-refractivity contribution < 1.29 is 4.92 Å². The Morgan fingerprint density at radius 3 is 2.77 bits per heavy atom. The van der Waals surface area contributed by atoms with Gasteiger partial charge in [0.05, 0.1) is 4.92 Å². The minimum Gasteiger partial charge on any atom is -0.330 e. The van der Waals surface area contributed by atoms with Crippen LogP contribution in [0.1, 0.15) is 18.5 Å². The van der Waals surface area contributed by atoms with Gasteiger partial charge in [-0.3, -0.25) is 15.1 Å². The maximum absolute atomic E-state index is 10.3. The van der Waals surface area contributed by atoms with Crippen molar-refractivity contribution >= 4 is 5.69 Å². The zero-order valence-electron chi connectivity index (χ0n) is 7.30. The second-order valence-electron chi connectivity index (χ2n) is 2.84. The van der Waals surface area contributed by atoms with Crippen LogP contribution in [0.3, 0.4) is 0 Å². The second kappa shape index (κ2) is 3.95. The Morgan fingerprint density at radius 1 is 1.69 bits per heavy atom. The molecule has 1 heterocycles. The van der Waals surface area contributed by atoms with E-state index in [1.165, 1.54) is 12.3 Å². The number of aromatic nitrogens is 1. The Balaban J connectivity index is 2.87. The molecule has 0 bridgehead atoms. The molecule has 0 saturated carbocycles. The van der Waals surface area contributed by atoms with E-state index in [2.05, 4.69) is 4.98 Å². The smallest absolute Gasteiger partial charge is 0.287 e. The molecule has 0 aromatic carbocycles. The SMILES string of the molecule is CC(CN)c1ccc([N+](=O)[O-])cn1. The van der Waals surface area contributed by atoms with Gasteiger partial charge < -0.3 is 5.73 Å². The van der Waals surface area contributed by atoms with Crippen LogP contribution in [0.25, 0.3) is 0 Å². The molecule has 2 N–H and O–H groups in total.